The molecule has 0 aliphatic rings. The van der Waals surface area contributed by atoms with E-state index in [0.29, 0.717) is 17.9 Å². The van der Waals surface area contributed by atoms with Crippen LogP contribution in [0.4, 0.5) is 11.5 Å². The van der Waals surface area contributed by atoms with Gasteiger partial charge in [-0.2, -0.15) is 0 Å². The van der Waals surface area contributed by atoms with Gasteiger partial charge in [0.05, 0.1) is 18.4 Å². The van der Waals surface area contributed by atoms with Crippen LogP contribution in [0.3, 0.4) is 0 Å². The van der Waals surface area contributed by atoms with Crippen LogP contribution in [-0.4, -0.2) is 23.3 Å². The average Bonchev–Trinajstić information content (AvgIpc) is 2.30. The van der Waals surface area contributed by atoms with E-state index < -0.39 is 0 Å². The number of nitrogens with two attached hydrogens (primary N) is 1. The van der Waals surface area contributed by atoms with Gasteiger partial charge in [-0.15, -0.1) is 12.4 Å². The van der Waals surface area contributed by atoms with Gasteiger partial charge in [0.1, 0.15) is 5.82 Å². The predicted molar refractivity (Wildman–Crippen MR) is 72.4 cm³/mol. The maximum absolute atomic E-state index is 11.4. The first-order valence-electron chi connectivity index (χ1n) is 5.40. The lowest BCUT2D eigenvalue weighted by molar-refractivity contribution is -0.124. The van der Waals surface area contributed by atoms with Gasteiger partial charge in [-0.05, 0) is 18.6 Å². The minimum atomic E-state index is -0.291. The first kappa shape index (κ1) is 16.2. The van der Waals surface area contributed by atoms with Gasteiger partial charge in [0.2, 0.25) is 11.8 Å². The quantitative estimate of drug-likeness (QED) is 0.743. The summed E-state index contributed by atoms with van der Waals surface area (Å²) in [5.74, 6) is -0.0293. The average molecular weight is 273 g/mol. The monoisotopic (exact) mass is 272 g/mol. The number of nitrogens with one attached hydrogen (secondary N) is 2. The molecule has 0 aliphatic heterocycles. The van der Waals surface area contributed by atoms with Crippen LogP contribution >= 0.6 is 12.4 Å². The number of pyridine rings is 1. The molecule has 0 fully saturated rings. The zero-order valence-corrected chi connectivity index (χ0v) is 10.9. The van der Waals surface area contributed by atoms with E-state index in [1.54, 1.807) is 12.1 Å². The van der Waals surface area contributed by atoms with Crippen molar-refractivity contribution < 1.29 is 9.59 Å². The summed E-state index contributed by atoms with van der Waals surface area (Å²) in [6, 6.07) is 3.24. The Bertz CT molecular complexity index is 395. The number of amides is 2. The number of carbonyl (C=O) groups excluding carboxylic acids is 2. The Kier molecular flexibility index (Phi) is 7.46. The summed E-state index contributed by atoms with van der Waals surface area (Å²) < 4.78 is 0. The van der Waals surface area contributed by atoms with Gasteiger partial charge in [-0.1, -0.05) is 6.92 Å². The predicted octanol–water partition coefficient (Wildman–Crippen LogP) is 0.940. The van der Waals surface area contributed by atoms with Gasteiger partial charge in [-0.3, -0.25) is 9.59 Å². The van der Waals surface area contributed by atoms with Crippen LogP contribution in [0.1, 0.15) is 19.8 Å². The Labute approximate surface area is 112 Å². The molecule has 1 aromatic heterocycles. The molecule has 0 saturated carbocycles. The zero-order valence-electron chi connectivity index (χ0n) is 10.1. The number of hydrogen-bond acceptors (Lipinski definition) is 4. The highest BCUT2D eigenvalue weighted by molar-refractivity contribution is 5.94. The molecule has 100 valence electrons. The lowest BCUT2D eigenvalue weighted by Crippen LogP contribution is -2.32. The van der Waals surface area contributed by atoms with E-state index in [1.165, 1.54) is 6.20 Å². The summed E-state index contributed by atoms with van der Waals surface area (Å²) in [6.45, 7) is 1.86. The molecule has 0 unspecified atom stereocenters. The highest BCUT2D eigenvalue weighted by atomic mass is 35.5. The summed E-state index contributed by atoms with van der Waals surface area (Å²) in [5, 5.41) is 5.11. The van der Waals surface area contributed by atoms with Crippen LogP contribution in [0.25, 0.3) is 0 Å². The Morgan fingerprint density at radius 1 is 1.33 bits per heavy atom. The third-order valence-electron chi connectivity index (χ3n) is 1.99. The second-order valence-corrected chi connectivity index (χ2v) is 3.55. The molecule has 1 rings (SSSR count). The van der Waals surface area contributed by atoms with E-state index in [9.17, 15) is 9.59 Å². The second kappa shape index (κ2) is 8.30. The Morgan fingerprint density at radius 2 is 2.06 bits per heavy atom. The van der Waals surface area contributed by atoms with Crippen molar-refractivity contribution in [2.24, 2.45) is 0 Å². The van der Waals surface area contributed by atoms with Gasteiger partial charge < -0.3 is 16.4 Å². The number of nitrogen functional groups attached to an aromatic ring is 1. The molecule has 1 aromatic rings. The van der Waals surface area contributed by atoms with E-state index in [1.807, 2.05) is 6.92 Å². The minimum Gasteiger partial charge on any atom is -0.384 e. The lowest BCUT2D eigenvalue weighted by atomic mass is 10.3. The van der Waals surface area contributed by atoms with Crippen molar-refractivity contribution in [2.45, 2.75) is 19.8 Å². The van der Waals surface area contributed by atoms with Crippen LogP contribution < -0.4 is 16.4 Å². The van der Waals surface area contributed by atoms with E-state index in [0.717, 1.165) is 6.42 Å². The van der Waals surface area contributed by atoms with Crippen molar-refractivity contribution >= 4 is 35.7 Å². The smallest absolute Gasteiger partial charge is 0.243 e. The second-order valence-electron chi connectivity index (χ2n) is 3.55. The molecular weight excluding hydrogens is 256 g/mol. The molecule has 0 bridgehead atoms. The van der Waals surface area contributed by atoms with Crippen molar-refractivity contribution in [3.8, 4) is 0 Å². The lowest BCUT2D eigenvalue weighted by Gasteiger charge is -2.06. The number of aromatic nitrogens is 1. The molecule has 4 N–H and O–H groups in total. The molecule has 0 atom stereocenters. The standard InChI is InChI=1S/C11H16N4O2.ClH/c1-2-3-10(16)14-7-11(17)15-8-4-5-9(12)13-6-8;/h4-6H,2-3,7H2,1H3,(H2,12,13)(H,14,16)(H,15,17);1H. The van der Waals surface area contributed by atoms with Crippen molar-refractivity contribution in [1.82, 2.24) is 10.3 Å². The van der Waals surface area contributed by atoms with E-state index in [2.05, 4.69) is 15.6 Å². The third kappa shape index (κ3) is 6.05. The first-order valence-corrected chi connectivity index (χ1v) is 5.40. The Balaban J connectivity index is 0.00000289. The number of carbonyl (C=O) groups is 2. The molecule has 18 heavy (non-hydrogen) atoms. The van der Waals surface area contributed by atoms with Gasteiger partial charge in [0.25, 0.3) is 0 Å². The number of hydrogen-bond donors (Lipinski definition) is 3. The van der Waals surface area contributed by atoms with E-state index in [-0.39, 0.29) is 30.8 Å². The molecule has 0 spiro atoms. The van der Waals surface area contributed by atoms with E-state index in [4.69, 9.17) is 5.73 Å². The molecule has 0 radical (unpaired) electrons. The highest BCUT2D eigenvalue weighted by Crippen LogP contribution is 2.06. The summed E-state index contributed by atoms with van der Waals surface area (Å²) in [5.41, 5.74) is 5.96. The topological polar surface area (TPSA) is 97.1 Å². The Hall–Kier alpha value is -1.82. The number of halogens is 1. The van der Waals surface area contributed by atoms with Crippen molar-refractivity contribution in [3.05, 3.63) is 18.3 Å². The Morgan fingerprint density at radius 3 is 2.61 bits per heavy atom. The summed E-state index contributed by atoms with van der Waals surface area (Å²) in [4.78, 5) is 26.4. The molecule has 6 nitrogen and oxygen atoms in total. The van der Waals surface area contributed by atoms with Crippen LogP contribution in [0, 0.1) is 0 Å². The number of anilines is 2. The zero-order chi connectivity index (χ0) is 12.7. The van der Waals surface area contributed by atoms with E-state index >= 15 is 0 Å². The SMILES string of the molecule is CCCC(=O)NCC(=O)Nc1ccc(N)nc1.Cl. The van der Waals surface area contributed by atoms with Crippen molar-refractivity contribution in [1.29, 1.82) is 0 Å². The highest BCUT2D eigenvalue weighted by Gasteiger charge is 2.05. The van der Waals surface area contributed by atoms with Crippen LogP contribution in [0.2, 0.25) is 0 Å². The molecule has 7 heteroatoms. The first-order chi connectivity index (χ1) is 8.11. The fraction of sp³-hybridized carbons (Fsp3) is 0.364. The fourth-order valence-electron chi connectivity index (χ4n) is 1.18. The number of nitrogens with zero attached hydrogens (tertiary/aromatic N) is 1. The maximum Gasteiger partial charge on any atom is 0.243 e. The van der Waals surface area contributed by atoms with Crippen LogP contribution in [0.5, 0.6) is 0 Å². The molecule has 1 heterocycles. The normalized spacial score (nSPS) is 9.17. The molecule has 2 amide bonds. The van der Waals surface area contributed by atoms with Crippen LogP contribution in [0.15, 0.2) is 18.3 Å². The summed E-state index contributed by atoms with van der Waals surface area (Å²) in [7, 11) is 0. The molecule has 0 aromatic carbocycles. The molecular formula is C11H17ClN4O2. The summed E-state index contributed by atoms with van der Waals surface area (Å²) >= 11 is 0. The van der Waals surface area contributed by atoms with Gasteiger partial charge in [-0.25, -0.2) is 4.98 Å². The third-order valence-corrected chi connectivity index (χ3v) is 1.99. The maximum atomic E-state index is 11.4. The van der Waals surface area contributed by atoms with Gasteiger partial charge >= 0.3 is 0 Å². The molecule has 0 saturated heterocycles. The van der Waals surface area contributed by atoms with Crippen LogP contribution in [-0.2, 0) is 9.59 Å². The number of rotatable bonds is 5. The molecule has 0 aliphatic carbocycles. The minimum absolute atomic E-state index is 0. The largest absolute Gasteiger partial charge is 0.384 e. The summed E-state index contributed by atoms with van der Waals surface area (Å²) in [6.07, 6.45) is 2.65. The van der Waals surface area contributed by atoms with Crippen molar-refractivity contribution in [2.75, 3.05) is 17.6 Å². The van der Waals surface area contributed by atoms with Gasteiger partial charge in [0.15, 0.2) is 0 Å². The fourth-order valence-corrected chi connectivity index (χ4v) is 1.18. The van der Waals surface area contributed by atoms with Gasteiger partial charge in [0, 0.05) is 6.42 Å². The van der Waals surface area contributed by atoms with Crippen molar-refractivity contribution in [3.63, 3.8) is 0 Å².